The van der Waals surface area contributed by atoms with Crippen molar-refractivity contribution < 1.29 is 14.3 Å². The summed E-state index contributed by atoms with van der Waals surface area (Å²) in [6.45, 7) is 11.7. The molecule has 0 aliphatic carbocycles. The highest BCUT2D eigenvalue weighted by Gasteiger charge is 2.22. The van der Waals surface area contributed by atoms with E-state index in [9.17, 15) is 4.79 Å². The molecule has 2 aromatic rings. The van der Waals surface area contributed by atoms with Gasteiger partial charge in [0.15, 0.2) is 0 Å². The van der Waals surface area contributed by atoms with Crippen LogP contribution in [0.5, 0.6) is 11.5 Å². The van der Waals surface area contributed by atoms with Crippen LogP contribution < -0.4 is 14.8 Å². The fourth-order valence-electron chi connectivity index (χ4n) is 3.65. The van der Waals surface area contributed by atoms with Gasteiger partial charge in [-0.05, 0) is 56.9 Å². The van der Waals surface area contributed by atoms with E-state index in [0.717, 1.165) is 54.9 Å². The average Bonchev–Trinajstić information content (AvgIpc) is 2.77. The zero-order valence-electron chi connectivity index (χ0n) is 20.0. The van der Waals surface area contributed by atoms with E-state index in [1.165, 1.54) is 0 Å². The van der Waals surface area contributed by atoms with E-state index in [-0.39, 0.29) is 12.0 Å². The van der Waals surface area contributed by atoms with E-state index in [0.29, 0.717) is 17.1 Å². The number of aryl methyl sites for hydroxylation is 1. The molecule has 1 heterocycles. The maximum atomic E-state index is 13.3. The van der Waals surface area contributed by atoms with Crippen LogP contribution in [0.25, 0.3) is 11.3 Å². The number of amides is 1. The summed E-state index contributed by atoms with van der Waals surface area (Å²) < 4.78 is 11.5. The number of ether oxygens (including phenoxy) is 2. The number of rotatable bonds is 11. The lowest BCUT2D eigenvalue weighted by atomic mass is 10.00. The minimum Gasteiger partial charge on any atom is -0.496 e. The quantitative estimate of drug-likeness (QED) is 0.519. The van der Waals surface area contributed by atoms with Gasteiger partial charge in [0.25, 0.3) is 5.91 Å². The number of nitrogens with zero attached hydrogens (tertiary/aromatic N) is 2. The van der Waals surface area contributed by atoms with Crippen LogP contribution in [0, 0.1) is 0 Å². The van der Waals surface area contributed by atoms with Crippen molar-refractivity contribution in [3.8, 4) is 22.8 Å². The lowest BCUT2D eigenvalue weighted by Gasteiger charge is -2.24. The summed E-state index contributed by atoms with van der Waals surface area (Å²) in [4.78, 5) is 20.1. The highest BCUT2D eigenvalue weighted by molar-refractivity contribution is 5.99. The highest BCUT2D eigenvalue weighted by Crippen LogP contribution is 2.36. The zero-order valence-corrected chi connectivity index (χ0v) is 20.0. The summed E-state index contributed by atoms with van der Waals surface area (Å²) in [6, 6.07) is 7.77. The molecule has 0 radical (unpaired) electrons. The van der Waals surface area contributed by atoms with Crippen molar-refractivity contribution in [3.05, 3.63) is 35.4 Å². The molecule has 0 spiro atoms. The Morgan fingerprint density at radius 1 is 1.13 bits per heavy atom. The SMILES string of the molecule is CCCN(CCC)C(=O)c1cc(CC)c(-c2ccc(OC(C)C)cc2OC)nc1NC. The second-order valence-corrected chi connectivity index (χ2v) is 7.82. The number of nitrogens with one attached hydrogen (secondary N) is 1. The number of anilines is 1. The Morgan fingerprint density at radius 3 is 2.32 bits per heavy atom. The second-order valence-electron chi connectivity index (χ2n) is 7.82. The molecule has 31 heavy (non-hydrogen) atoms. The molecule has 6 nitrogen and oxygen atoms in total. The predicted molar refractivity (Wildman–Crippen MR) is 127 cm³/mol. The zero-order chi connectivity index (χ0) is 23.0. The molecular formula is C25H37N3O3. The number of hydrogen-bond acceptors (Lipinski definition) is 5. The fourth-order valence-corrected chi connectivity index (χ4v) is 3.65. The normalized spacial score (nSPS) is 10.8. The Morgan fingerprint density at radius 2 is 1.81 bits per heavy atom. The number of aromatic nitrogens is 1. The molecule has 1 aromatic carbocycles. The Hall–Kier alpha value is -2.76. The van der Waals surface area contributed by atoms with Crippen LogP contribution >= 0.6 is 0 Å². The lowest BCUT2D eigenvalue weighted by molar-refractivity contribution is 0.0756. The first-order valence-corrected chi connectivity index (χ1v) is 11.3. The van der Waals surface area contributed by atoms with Gasteiger partial charge in [-0.25, -0.2) is 4.98 Å². The molecule has 0 bridgehead atoms. The molecule has 170 valence electrons. The molecule has 0 unspecified atom stereocenters. The first-order valence-electron chi connectivity index (χ1n) is 11.3. The number of benzene rings is 1. The number of carbonyl (C=O) groups excluding carboxylic acids is 1. The van der Waals surface area contributed by atoms with Crippen LogP contribution in [0.1, 0.15) is 63.4 Å². The van der Waals surface area contributed by atoms with Gasteiger partial charge >= 0.3 is 0 Å². The van der Waals surface area contributed by atoms with Crippen LogP contribution in [-0.2, 0) is 6.42 Å². The van der Waals surface area contributed by atoms with Crippen molar-refractivity contribution in [1.82, 2.24) is 9.88 Å². The molecule has 0 aliphatic rings. The summed E-state index contributed by atoms with van der Waals surface area (Å²) in [5.41, 5.74) is 3.31. The van der Waals surface area contributed by atoms with Gasteiger partial charge in [-0.3, -0.25) is 4.79 Å². The summed E-state index contributed by atoms with van der Waals surface area (Å²) in [7, 11) is 3.45. The summed E-state index contributed by atoms with van der Waals surface area (Å²) >= 11 is 0. The van der Waals surface area contributed by atoms with Crippen molar-refractivity contribution >= 4 is 11.7 Å². The van der Waals surface area contributed by atoms with Crippen molar-refractivity contribution in [3.63, 3.8) is 0 Å². The van der Waals surface area contributed by atoms with Crippen molar-refractivity contribution in [1.29, 1.82) is 0 Å². The summed E-state index contributed by atoms with van der Waals surface area (Å²) in [6.07, 6.45) is 2.68. The number of methoxy groups -OCH3 is 1. The van der Waals surface area contributed by atoms with Gasteiger partial charge in [-0.15, -0.1) is 0 Å². The van der Waals surface area contributed by atoms with E-state index in [1.54, 1.807) is 14.2 Å². The van der Waals surface area contributed by atoms with Crippen LogP contribution in [-0.4, -0.2) is 49.1 Å². The largest absolute Gasteiger partial charge is 0.496 e. The van der Waals surface area contributed by atoms with E-state index >= 15 is 0 Å². The third-order valence-electron chi connectivity index (χ3n) is 5.02. The van der Waals surface area contributed by atoms with Crippen molar-refractivity contribution in [2.45, 2.75) is 60.0 Å². The Bertz CT molecular complexity index is 875. The second kappa shape index (κ2) is 11.6. The monoisotopic (exact) mass is 427 g/mol. The molecule has 1 aromatic heterocycles. The molecule has 1 amide bonds. The molecule has 0 saturated heterocycles. The van der Waals surface area contributed by atoms with E-state index in [2.05, 4.69) is 26.1 Å². The highest BCUT2D eigenvalue weighted by atomic mass is 16.5. The summed E-state index contributed by atoms with van der Waals surface area (Å²) in [5, 5.41) is 3.13. The number of hydrogen-bond donors (Lipinski definition) is 1. The number of carbonyl (C=O) groups is 1. The first-order chi connectivity index (χ1) is 14.9. The fraction of sp³-hybridized carbons (Fsp3) is 0.520. The Kier molecular flexibility index (Phi) is 9.16. The third-order valence-corrected chi connectivity index (χ3v) is 5.02. The van der Waals surface area contributed by atoms with Crippen LogP contribution in [0.2, 0.25) is 0 Å². The molecule has 1 N–H and O–H groups in total. The van der Waals surface area contributed by atoms with Crippen LogP contribution in [0.4, 0.5) is 5.82 Å². The molecule has 0 atom stereocenters. The third kappa shape index (κ3) is 5.90. The van der Waals surface area contributed by atoms with Gasteiger partial charge in [0, 0.05) is 31.8 Å². The first kappa shape index (κ1) is 24.5. The topological polar surface area (TPSA) is 63.7 Å². The average molecular weight is 428 g/mol. The molecule has 0 aliphatic heterocycles. The Balaban J connectivity index is 2.57. The molecule has 6 heteroatoms. The smallest absolute Gasteiger partial charge is 0.257 e. The lowest BCUT2D eigenvalue weighted by Crippen LogP contribution is -2.33. The van der Waals surface area contributed by atoms with Gasteiger partial charge in [0.05, 0.1) is 24.5 Å². The van der Waals surface area contributed by atoms with Gasteiger partial charge in [-0.2, -0.15) is 0 Å². The van der Waals surface area contributed by atoms with E-state index in [1.807, 2.05) is 43.0 Å². The maximum absolute atomic E-state index is 13.3. The van der Waals surface area contributed by atoms with Gasteiger partial charge in [0.1, 0.15) is 17.3 Å². The minimum absolute atomic E-state index is 0.0226. The molecule has 0 saturated carbocycles. The van der Waals surface area contributed by atoms with E-state index in [4.69, 9.17) is 14.5 Å². The minimum atomic E-state index is 0.0226. The van der Waals surface area contributed by atoms with Crippen molar-refractivity contribution in [2.24, 2.45) is 0 Å². The predicted octanol–water partition coefficient (Wildman–Crippen LogP) is 5.41. The van der Waals surface area contributed by atoms with Gasteiger partial charge in [-0.1, -0.05) is 20.8 Å². The standard InChI is InChI=1S/C25H37N3O3/c1-8-13-28(14-9-2)25(29)21-15-18(10-3)23(27-24(21)26-6)20-12-11-19(31-17(4)5)16-22(20)30-7/h11-12,15-17H,8-10,13-14H2,1-7H3,(H,26,27). The van der Waals surface area contributed by atoms with Crippen molar-refractivity contribution in [2.75, 3.05) is 32.6 Å². The van der Waals surface area contributed by atoms with Crippen LogP contribution in [0.3, 0.4) is 0 Å². The Labute approximate surface area is 187 Å². The number of pyridine rings is 1. The maximum Gasteiger partial charge on any atom is 0.257 e. The van der Waals surface area contributed by atoms with Gasteiger partial charge in [0.2, 0.25) is 0 Å². The molecule has 0 fully saturated rings. The van der Waals surface area contributed by atoms with Crippen LogP contribution in [0.15, 0.2) is 24.3 Å². The molecular weight excluding hydrogens is 390 g/mol. The van der Waals surface area contributed by atoms with E-state index < -0.39 is 0 Å². The molecule has 2 rings (SSSR count). The van der Waals surface area contributed by atoms with Gasteiger partial charge < -0.3 is 19.7 Å². The summed E-state index contributed by atoms with van der Waals surface area (Å²) in [5.74, 6) is 2.05.